The molecule has 1 N–H and O–H groups in total. The Bertz CT molecular complexity index is 911. The van der Waals surface area contributed by atoms with E-state index in [1.165, 1.54) is 5.69 Å². The van der Waals surface area contributed by atoms with Gasteiger partial charge in [0.05, 0.1) is 11.0 Å². The minimum absolute atomic E-state index is 0.159. The van der Waals surface area contributed by atoms with Crippen LogP contribution in [0.25, 0.3) is 22.4 Å². The summed E-state index contributed by atoms with van der Waals surface area (Å²) in [5.74, 6) is 1.03. The molecule has 2 heterocycles. The second-order valence-corrected chi connectivity index (χ2v) is 7.20. The number of aromatic nitrogens is 2. The summed E-state index contributed by atoms with van der Waals surface area (Å²) in [7, 11) is 0. The quantitative estimate of drug-likeness (QED) is 0.716. The van der Waals surface area contributed by atoms with E-state index in [4.69, 9.17) is 0 Å². The molecule has 6 heteroatoms. The summed E-state index contributed by atoms with van der Waals surface area (Å²) in [5, 5.41) is 0. The second kappa shape index (κ2) is 6.52. The number of rotatable bonds is 2. The zero-order valence-electron chi connectivity index (χ0n) is 14.0. The van der Waals surface area contributed by atoms with Gasteiger partial charge in [-0.3, -0.25) is 4.79 Å². The highest BCUT2D eigenvalue weighted by Crippen LogP contribution is 2.25. The first kappa shape index (κ1) is 16.1. The molecule has 5 nitrogen and oxygen atoms in total. The minimum atomic E-state index is 0.159. The van der Waals surface area contributed by atoms with Crippen molar-refractivity contribution in [3.63, 3.8) is 0 Å². The highest BCUT2D eigenvalue weighted by molar-refractivity contribution is 9.10. The van der Waals surface area contributed by atoms with Gasteiger partial charge in [-0.15, -0.1) is 0 Å². The van der Waals surface area contributed by atoms with Crippen LogP contribution in [0.2, 0.25) is 0 Å². The average molecular weight is 399 g/mol. The number of amides is 1. The van der Waals surface area contributed by atoms with E-state index in [1.54, 1.807) is 6.92 Å². The number of anilines is 1. The van der Waals surface area contributed by atoms with Crippen molar-refractivity contribution in [2.24, 2.45) is 0 Å². The molecule has 0 atom stereocenters. The molecule has 0 aliphatic carbocycles. The Morgan fingerprint density at radius 3 is 2.48 bits per heavy atom. The molecule has 1 aromatic heterocycles. The van der Waals surface area contributed by atoms with E-state index in [1.807, 2.05) is 23.1 Å². The third kappa shape index (κ3) is 3.26. The molecule has 0 spiro atoms. The van der Waals surface area contributed by atoms with Crippen LogP contribution in [0.4, 0.5) is 5.69 Å². The van der Waals surface area contributed by atoms with Gasteiger partial charge in [-0.25, -0.2) is 4.98 Å². The van der Waals surface area contributed by atoms with E-state index in [-0.39, 0.29) is 5.91 Å². The molecule has 128 valence electrons. The monoisotopic (exact) mass is 398 g/mol. The van der Waals surface area contributed by atoms with E-state index < -0.39 is 0 Å². The number of carbonyl (C=O) groups is 1. The molecule has 1 fully saturated rings. The molecule has 0 bridgehead atoms. The van der Waals surface area contributed by atoms with Crippen LogP contribution in [-0.2, 0) is 4.79 Å². The smallest absolute Gasteiger partial charge is 0.219 e. The first-order chi connectivity index (χ1) is 12.1. The van der Waals surface area contributed by atoms with Crippen molar-refractivity contribution in [2.75, 3.05) is 31.1 Å². The second-order valence-electron chi connectivity index (χ2n) is 6.29. The molecular weight excluding hydrogens is 380 g/mol. The standard InChI is InChI=1S/C19H19BrN4O/c1-13(25)23-8-10-24(11-9-23)16-5-2-14(3-6-16)19-21-17-7-4-15(20)12-18(17)22-19/h2-7,12H,8-11H2,1H3,(H,21,22). The van der Waals surface area contributed by atoms with Gasteiger partial charge < -0.3 is 14.8 Å². The highest BCUT2D eigenvalue weighted by Gasteiger charge is 2.18. The number of piperazine rings is 1. The predicted molar refractivity (Wildman–Crippen MR) is 104 cm³/mol. The van der Waals surface area contributed by atoms with Crippen LogP contribution < -0.4 is 4.90 Å². The first-order valence-electron chi connectivity index (χ1n) is 8.36. The number of nitrogens with one attached hydrogen (secondary N) is 1. The Kier molecular flexibility index (Phi) is 4.21. The van der Waals surface area contributed by atoms with E-state index in [2.05, 4.69) is 55.1 Å². The van der Waals surface area contributed by atoms with E-state index in [9.17, 15) is 4.79 Å². The van der Waals surface area contributed by atoms with Gasteiger partial charge in [0.2, 0.25) is 5.91 Å². The lowest BCUT2D eigenvalue weighted by atomic mass is 10.1. The van der Waals surface area contributed by atoms with E-state index in [0.29, 0.717) is 0 Å². The van der Waals surface area contributed by atoms with Crippen molar-refractivity contribution in [1.29, 1.82) is 0 Å². The summed E-state index contributed by atoms with van der Waals surface area (Å²) in [4.78, 5) is 23.7. The molecule has 1 saturated heterocycles. The number of imidazole rings is 1. The number of H-pyrrole nitrogens is 1. The fourth-order valence-electron chi connectivity index (χ4n) is 3.23. The number of halogens is 1. The van der Waals surface area contributed by atoms with Gasteiger partial charge in [0.25, 0.3) is 0 Å². The molecule has 4 rings (SSSR count). The van der Waals surface area contributed by atoms with E-state index >= 15 is 0 Å². The summed E-state index contributed by atoms with van der Waals surface area (Å²) >= 11 is 3.49. The number of nitrogens with zero attached hydrogens (tertiary/aromatic N) is 3. The van der Waals surface area contributed by atoms with Crippen molar-refractivity contribution in [2.45, 2.75) is 6.92 Å². The van der Waals surface area contributed by atoms with Gasteiger partial charge in [0, 0.05) is 48.8 Å². The third-order valence-electron chi connectivity index (χ3n) is 4.67. The number of aromatic amines is 1. The Hall–Kier alpha value is -2.34. The predicted octanol–water partition coefficient (Wildman–Crippen LogP) is 3.66. The van der Waals surface area contributed by atoms with Crippen molar-refractivity contribution < 1.29 is 4.79 Å². The van der Waals surface area contributed by atoms with Crippen LogP contribution in [0.5, 0.6) is 0 Å². The van der Waals surface area contributed by atoms with Crippen LogP contribution in [0.1, 0.15) is 6.92 Å². The fraction of sp³-hybridized carbons (Fsp3) is 0.263. The maximum Gasteiger partial charge on any atom is 0.219 e. The number of hydrogen-bond acceptors (Lipinski definition) is 3. The Morgan fingerprint density at radius 2 is 1.80 bits per heavy atom. The van der Waals surface area contributed by atoms with Gasteiger partial charge >= 0.3 is 0 Å². The molecule has 3 aromatic rings. The lowest BCUT2D eigenvalue weighted by Gasteiger charge is -2.35. The van der Waals surface area contributed by atoms with Gasteiger partial charge in [0.1, 0.15) is 5.82 Å². The Labute approximate surface area is 154 Å². The number of benzene rings is 2. The summed E-state index contributed by atoms with van der Waals surface area (Å²) in [5.41, 5.74) is 4.24. The zero-order valence-corrected chi connectivity index (χ0v) is 15.6. The van der Waals surface area contributed by atoms with Crippen LogP contribution >= 0.6 is 15.9 Å². The molecule has 1 aliphatic rings. The summed E-state index contributed by atoms with van der Waals surface area (Å²) in [6.45, 7) is 4.95. The lowest BCUT2D eigenvalue weighted by Crippen LogP contribution is -2.48. The number of hydrogen-bond donors (Lipinski definition) is 1. The number of fused-ring (bicyclic) bond motifs is 1. The molecule has 0 unspecified atom stereocenters. The van der Waals surface area contributed by atoms with Crippen molar-refractivity contribution >= 4 is 38.6 Å². The molecular formula is C19H19BrN4O. The molecule has 1 aliphatic heterocycles. The zero-order chi connectivity index (χ0) is 17.4. The largest absolute Gasteiger partial charge is 0.368 e. The van der Waals surface area contributed by atoms with Crippen molar-refractivity contribution in [1.82, 2.24) is 14.9 Å². The van der Waals surface area contributed by atoms with Crippen LogP contribution in [0, 0.1) is 0 Å². The maximum absolute atomic E-state index is 11.4. The van der Waals surface area contributed by atoms with Crippen LogP contribution in [-0.4, -0.2) is 47.0 Å². The van der Waals surface area contributed by atoms with Crippen molar-refractivity contribution in [3.05, 3.63) is 46.9 Å². The Balaban J connectivity index is 1.52. The number of carbonyl (C=O) groups excluding carboxylic acids is 1. The molecule has 0 saturated carbocycles. The summed E-state index contributed by atoms with van der Waals surface area (Å²) in [6, 6.07) is 14.5. The van der Waals surface area contributed by atoms with Gasteiger partial charge in [-0.2, -0.15) is 0 Å². The highest BCUT2D eigenvalue weighted by atomic mass is 79.9. The van der Waals surface area contributed by atoms with Crippen molar-refractivity contribution in [3.8, 4) is 11.4 Å². The SMILES string of the molecule is CC(=O)N1CCN(c2ccc(-c3nc4ccc(Br)cc4[nH]3)cc2)CC1. The van der Waals surface area contributed by atoms with Gasteiger partial charge in [-0.1, -0.05) is 15.9 Å². The lowest BCUT2D eigenvalue weighted by molar-refractivity contribution is -0.129. The molecule has 0 radical (unpaired) electrons. The first-order valence-corrected chi connectivity index (χ1v) is 9.15. The summed E-state index contributed by atoms with van der Waals surface area (Å²) in [6.07, 6.45) is 0. The fourth-order valence-corrected chi connectivity index (χ4v) is 3.59. The summed E-state index contributed by atoms with van der Waals surface area (Å²) < 4.78 is 1.04. The van der Waals surface area contributed by atoms with E-state index in [0.717, 1.165) is 53.1 Å². The van der Waals surface area contributed by atoms with Crippen LogP contribution in [0.15, 0.2) is 46.9 Å². The molecule has 25 heavy (non-hydrogen) atoms. The topological polar surface area (TPSA) is 52.2 Å². The van der Waals surface area contributed by atoms with Gasteiger partial charge in [-0.05, 0) is 42.5 Å². The Morgan fingerprint density at radius 1 is 1.08 bits per heavy atom. The van der Waals surface area contributed by atoms with Gasteiger partial charge in [0.15, 0.2) is 0 Å². The molecule has 2 aromatic carbocycles. The average Bonchev–Trinajstić information content (AvgIpc) is 3.05. The molecule has 1 amide bonds. The third-order valence-corrected chi connectivity index (χ3v) is 5.17. The van der Waals surface area contributed by atoms with Crippen LogP contribution in [0.3, 0.4) is 0 Å². The maximum atomic E-state index is 11.4. The normalized spacial score (nSPS) is 15.0. The minimum Gasteiger partial charge on any atom is -0.368 e.